The lowest BCUT2D eigenvalue weighted by atomic mass is 9.87. The summed E-state index contributed by atoms with van der Waals surface area (Å²) in [7, 11) is -1.04. The van der Waals surface area contributed by atoms with Crippen molar-refractivity contribution in [1.29, 1.82) is 0 Å². The molecule has 0 saturated carbocycles. The summed E-state index contributed by atoms with van der Waals surface area (Å²) < 4.78 is 14.2. The van der Waals surface area contributed by atoms with Gasteiger partial charge in [-0.25, -0.2) is 8.51 Å². The molecule has 2 atom stereocenters. The molecular weight excluding hydrogens is 232 g/mol. The zero-order valence-electron chi connectivity index (χ0n) is 10.6. The van der Waals surface area contributed by atoms with Crippen LogP contribution in [0.2, 0.25) is 0 Å². The summed E-state index contributed by atoms with van der Waals surface area (Å²) in [5, 5.41) is 0. The number of nitrogens with two attached hydrogens (primary N) is 1. The Balaban J connectivity index is 2.11. The number of rotatable bonds is 2. The first-order valence-corrected chi connectivity index (χ1v) is 7.00. The minimum atomic E-state index is -1.04. The Kier molecular flexibility index (Phi) is 3.39. The molecule has 1 unspecified atom stereocenters. The van der Waals surface area contributed by atoms with Crippen LogP contribution in [-0.2, 0) is 17.5 Å². The van der Waals surface area contributed by atoms with Gasteiger partial charge in [0.2, 0.25) is 0 Å². The Hall–Kier alpha value is -0.710. The highest BCUT2D eigenvalue weighted by atomic mass is 32.2. The molecule has 0 aromatic heterocycles. The van der Waals surface area contributed by atoms with Crippen molar-refractivity contribution in [2.75, 3.05) is 6.54 Å². The van der Waals surface area contributed by atoms with Crippen LogP contribution in [0.25, 0.3) is 0 Å². The van der Waals surface area contributed by atoms with Gasteiger partial charge in [0.05, 0.1) is 4.90 Å². The van der Waals surface area contributed by atoms with Crippen molar-refractivity contribution in [2.24, 2.45) is 11.1 Å². The second-order valence-electron chi connectivity index (χ2n) is 5.65. The van der Waals surface area contributed by atoms with Gasteiger partial charge in [-0.2, -0.15) is 0 Å². The third-order valence-corrected chi connectivity index (χ3v) is 4.78. The topological polar surface area (TPSA) is 46.3 Å². The first-order chi connectivity index (χ1) is 7.89. The van der Waals surface area contributed by atoms with Crippen LogP contribution in [0.5, 0.6) is 0 Å². The highest BCUT2D eigenvalue weighted by Gasteiger charge is 2.31. The van der Waals surface area contributed by atoms with E-state index in [1.54, 1.807) is 0 Å². The maximum atomic E-state index is 12.2. The van der Waals surface area contributed by atoms with Gasteiger partial charge in [-0.3, -0.25) is 0 Å². The number of nitrogens with zero attached hydrogens (tertiary/aromatic N) is 1. The van der Waals surface area contributed by atoms with Crippen LogP contribution < -0.4 is 5.73 Å². The second-order valence-corrected chi connectivity index (χ2v) is 7.11. The third-order valence-electron chi connectivity index (χ3n) is 3.25. The van der Waals surface area contributed by atoms with Gasteiger partial charge in [-0.05, 0) is 17.0 Å². The molecule has 1 aliphatic rings. The first-order valence-electron chi connectivity index (χ1n) is 5.90. The quantitative estimate of drug-likeness (QED) is 0.874. The highest BCUT2D eigenvalue weighted by molar-refractivity contribution is 7.83. The van der Waals surface area contributed by atoms with Gasteiger partial charge in [-0.1, -0.05) is 39.0 Å². The van der Waals surface area contributed by atoms with E-state index in [4.69, 9.17) is 5.73 Å². The summed E-state index contributed by atoms with van der Waals surface area (Å²) in [4.78, 5) is 0.939. The number of benzene rings is 1. The van der Waals surface area contributed by atoms with Crippen molar-refractivity contribution in [3.05, 3.63) is 29.8 Å². The Morgan fingerprint density at radius 2 is 2.06 bits per heavy atom. The fourth-order valence-corrected chi connectivity index (χ4v) is 3.20. The Bertz CT molecular complexity index is 439. The monoisotopic (exact) mass is 252 g/mol. The molecule has 0 spiro atoms. The van der Waals surface area contributed by atoms with Crippen molar-refractivity contribution in [2.45, 2.75) is 38.3 Å². The summed E-state index contributed by atoms with van der Waals surface area (Å²) in [6.45, 7) is 7.76. The maximum Gasteiger partial charge on any atom is 0.128 e. The van der Waals surface area contributed by atoms with Crippen molar-refractivity contribution in [3.63, 3.8) is 0 Å². The Morgan fingerprint density at radius 3 is 2.65 bits per heavy atom. The molecule has 0 radical (unpaired) electrons. The van der Waals surface area contributed by atoms with E-state index >= 15 is 0 Å². The van der Waals surface area contributed by atoms with Crippen molar-refractivity contribution < 1.29 is 4.21 Å². The zero-order valence-corrected chi connectivity index (χ0v) is 11.5. The minimum absolute atomic E-state index is 0.0285. The van der Waals surface area contributed by atoms with Crippen molar-refractivity contribution >= 4 is 11.0 Å². The van der Waals surface area contributed by atoms with E-state index in [1.807, 2.05) is 28.6 Å². The largest absolute Gasteiger partial charge is 0.326 e. The van der Waals surface area contributed by atoms with Gasteiger partial charge < -0.3 is 5.73 Å². The normalized spacial score (nSPS) is 22.5. The number of hydrogen-bond donors (Lipinski definition) is 1. The summed E-state index contributed by atoms with van der Waals surface area (Å²) in [6.07, 6.45) is 0. The van der Waals surface area contributed by atoms with Crippen LogP contribution in [0.3, 0.4) is 0 Å². The molecule has 1 aromatic carbocycles. The molecule has 0 saturated heterocycles. The van der Waals surface area contributed by atoms with Crippen LogP contribution in [0.4, 0.5) is 0 Å². The van der Waals surface area contributed by atoms with Gasteiger partial charge in [0.1, 0.15) is 11.0 Å². The molecule has 0 aliphatic carbocycles. The maximum absolute atomic E-state index is 12.2. The lowest BCUT2D eigenvalue weighted by molar-refractivity contribution is 0.270. The molecule has 17 heavy (non-hydrogen) atoms. The van der Waals surface area contributed by atoms with Crippen molar-refractivity contribution in [1.82, 2.24) is 4.31 Å². The predicted octanol–water partition coefficient (Wildman–Crippen LogP) is 1.90. The SMILES string of the molecule is CC(C)(C)[C@H](N)CN1Cc2ccccc2S1=O. The summed E-state index contributed by atoms with van der Waals surface area (Å²) in [6, 6.07) is 7.93. The second kappa shape index (κ2) is 4.52. The smallest absolute Gasteiger partial charge is 0.128 e. The molecule has 3 nitrogen and oxygen atoms in total. The Labute approximate surface area is 106 Å². The lowest BCUT2D eigenvalue weighted by Gasteiger charge is -2.29. The van der Waals surface area contributed by atoms with Gasteiger partial charge in [0.25, 0.3) is 0 Å². The molecule has 0 fully saturated rings. The van der Waals surface area contributed by atoms with Gasteiger partial charge in [0, 0.05) is 19.1 Å². The fourth-order valence-electron chi connectivity index (χ4n) is 1.82. The Morgan fingerprint density at radius 1 is 1.41 bits per heavy atom. The molecule has 1 aliphatic heterocycles. The molecule has 4 heteroatoms. The van der Waals surface area contributed by atoms with E-state index in [2.05, 4.69) is 20.8 Å². The third kappa shape index (κ3) is 2.59. The predicted molar refractivity (Wildman–Crippen MR) is 70.7 cm³/mol. The van der Waals surface area contributed by atoms with E-state index in [0.29, 0.717) is 6.54 Å². The molecule has 2 rings (SSSR count). The van der Waals surface area contributed by atoms with E-state index in [9.17, 15) is 4.21 Å². The van der Waals surface area contributed by atoms with Crippen LogP contribution >= 0.6 is 0 Å². The summed E-state index contributed by atoms with van der Waals surface area (Å²) in [5.41, 5.74) is 7.35. The van der Waals surface area contributed by atoms with Crippen LogP contribution in [0.15, 0.2) is 29.2 Å². The molecule has 1 heterocycles. The number of fused-ring (bicyclic) bond motifs is 1. The number of hydrogen-bond acceptors (Lipinski definition) is 2. The zero-order chi connectivity index (χ0) is 12.6. The molecule has 1 aromatic rings. The van der Waals surface area contributed by atoms with Gasteiger partial charge in [-0.15, -0.1) is 0 Å². The first kappa shape index (κ1) is 12.7. The van der Waals surface area contributed by atoms with Gasteiger partial charge >= 0.3 is 0 Å². The average molecular weight is 252 g/mol. The summed E-state index contributed by atoms with van der Waals surface area (Å²) in [5.74, 6) is 0. The minimum Gasteiger partial charge on any atom is -0.326 e. The van der Waals surface area contributed by atoms with Crippen LogP contribution in [0.1, 0.15) is 26.3 Å². The van der Waals surface area contributed by atoms with E-state index in [1.165, 1.54) is 0 Å². The van der Waals surface area contributed by atoms with E-state index in [0.717, 1.165) is 17.0 Å². The summed E-state index contributed by atoms with van der Waals surface area (Å²) >= 11 is 0. The lowest BCUT2D eigenvalue weighted by Crippen LogP contribution is -2.44. The standard InChI is InChI=1S/C13H20N2OS/c1-13(2,3)12(14)9-15-8-10-6-4-5-7-11(10)17(15)16/h4-7,12H,8-9,14H2,1-3H3/t12-,17?/m1/s1. The fraction of sp³-hybridized carbons (Fsp3) is 0.538. The van der Waals surface area contributed by atoms with Crippen LogP contribution in [0, 0.1) is 5.41 Å². The van der Waals surface area contributed by atoms with E-state index in [-0.39, 0.29) is 11.5 Å². The average Bonchev–Trinajstić information content (AvgIpc) is 2.55. The van der Waals surface area contributed by atoms with Crippen molar-refractivity contribution in [3.8, 4) is 0 Å². The van der Waals surface area contributed by atoms with Crippen LogP contribution in [-0.4, -0.2) is 21.1 Å². The van der Waals surface area contributed by atoms with E-state index < -0.39 is 11.0 Å². The molecule has 2 N–H and O–H groups in total. The molecular formula is C13H20N2OS. The molecule has 94 valence electrons. The molecule has 0 amide bonds. The van der Waals surface area contributed by atoms with Gasteiger partial charge in [0.15, 0.2) is 0 Å². The highest BCUT2D eigenvalue weighted by Crippen LogP contribution is 2.28. The molecule has 0 bridgehead atoms.